The van der Waals surface area contributed by atoms with Gasteiger partial charge in [0.2, 0.25) is 0 Å². The summed E-state index contributed by atoms with van der Waals surface area (Å²) in [5.41, 5.74) is 1.72. The number of fused-ring (bicyclic) bond motifs is 1. The van der Waals surface area contributed by atoms with Gasteiger partial charge in [-0.1, -0.05) is 6.07 Å². The van der Waals surface area contributed by atoms with Crippen molar-refractivity contribution < 1.29 is 19.4 Å². The molecule has 0 saturated carbocycles. The number of aliphatic hydroxyl groups excluding tert-OH is 1. The highest BCUT2D eigenvalue weighted by atomic mass is 16.6. The van der Waals surface area contributed by atoms with Gasteiger partial charge in [0.1, 0.15) is 22.8 Å². The SMILES string of the molecule is CC(CO)N(N)/C(=N\N)c1cccc(NC(=O)c2cc3c(cn2)CCN(C(=O)OC(C)(C)C)C3)n1. The number of hydrogen-bond donors (Lipinski definition) is 4. The molecule has 12 heteroatoms. The second kappa shape index (κ2) is 10.7. The maximum Gasteiger partial charge on any atom is 0.410 e. The first-order valence-corrected chi connectivity index (χ1v) is 11.2. The fourth-order valence-corrected chi connectivity index (χ4v) is 3.42. The molecule has 188 valence electrons. The zero-order chi connectivity index (χ0) is 25.8. The lowest BCUT2D eigenvalue weighted by molar-refractivity contribution is 0.0224. The van der Waals surface area contributed by atoms with E-state index in [0.29, 0.717) is 25.2 Å². The van der Waals surface area contributed by atoms with E-state index >= 15 is 0 Å². The normalized spacial score (nSPS) is 14.7. The Morgan fingerprint density at radius 2 is 2.06 bits per heavy atom. The summed E-state index contributed by atoms with van der Waals surface area (Å²) in [6, 6.07) is 6.13. The average Bonchev–Trinajstić information content (AvgIpc) is 2.82. The fourth-order valence-electron chi connectivity index (χ4n) is 3.42. The molecular weight excluding hydrogens is 452 g/mol. The molecule has 1 aliphatic rings. The molecule has 0 aromatic carbocycles. The third-order valence-corrected chi connectivity index (χ3v) is 5.31. The number of hydrazone groups is 1. The third kappa shape index (κ3) is 6.43. The summed E-state index contributed by atoms with van der Waals surface area (Å²) in [7, 11) is 0. The van der Waals surface area contributed by atoms with Gasteiger partial charge in [0, 0.05) is 19.3 Å². The van der Waals surface area contributed by atoms with Crippen LogP contribution < -0.4 is 17.0 Å². The van der Waals surface area contributed by atoms with E-state index in [0.717, 1.165) is 11.1 Å². The molecule has 12 nitrogen and oxygen atoms in total. The first-order valence-electron chi connectivity index (χ1n) is 11.2. The summed E-state index contributed by atoms with van der Waals surface area (Å²) in [6.07, 6.45) is 1.88. The lowest BCUT2D eigenvalue weighted by Gasteiger charge is -2.31. The Morgan fingerprint density at radius 1 is 1.31 bits per heavy atom. The van der Waals surface area contributed by atoms with E-state index in [2.05, 4.69) is 20.4 Å². The van der Waals surface area contributed by atoms with E-state index in [4.69, 9.17) is 16.4 Å². The lowest BCUT2D eigenvalue weighted by Crippen LogP contribution is -2.47. The summed E-state index contributed by atoms with van der Waals surface area (Å²) < 4.78 is 5.47. The molecule has 0 radical (unpaired) electrons. The van der Waals surface area contributed by atoms with Gasteiger partial charge in [-0.15, -0.1) is 0 Å². The van der Waals surface area contributed by atoms with Gasteiger partial charge in [-0.05, 0) is 63.4 Å². The minimum atomic E-state index is -0.590. The van der Waals surface area contributed by atoms with Crippen molar-refractivity contribution in [1.82, 2.24) is 19.9 Å². The molecule has 1 aliphatic heterocycles. The molecule has 2 amide bonds. The van der Waals surface area contributed by atoms with Crippen molar-refractivity contribution in [1.29, 1.82) is 0 Å². The van der Waals surface area contributed by atoms with Gasteiger partial charge in [0.05, 0.1) is 12.6 Å². The van der Waals surface area contributed by atoms with Crippen molar-refractivity contribution >= 4 is 23.7 Å². The molecule has 0 aliphatic carbocycles. The molecule has 1 atom stereocenters. The number of amidine groups is 1. The number of hydrazine groups is 1. The largest absolute Gasteiger partial charge is 0.444 e. The first-order chi connectivity index (χ1) is 16.5. The molecule has 2 aromatic rings. The standard InChI is InChI=1S/C23H32N8O4/c1-14(13-32)31(25)20(29-24)17-6-5-7-19(27-17)28-21(33)18-10-16-12-30(9-8-15(16)11-26-18)22(34)35-23(2,3)4/h5-7,10-11,14,32H,8-9,12-13,24-25H2,1-4H3,(H,27,28,33)/b29-20-. The molecule has 0 spiro atoms. The Kier molecular flexibility index (Phi) is 7.87. The third-order valence-electron chi connectivity index (χ3n) is 5.31. The summed E-state index contributed by atoms with van der Waals surface area (Å²) in [5, 5.41) is 16.9. The Morgan fingerprint density at radius 3 is 2.71 bits per heavy atom. The van der Waals surface area contributed by atoms with Crippen LogP contribution in [0.25, 0.3) is 0 Å². The molecular formula is C23H32N8O4. The number of aliphatic hydroxyl groups is 1. The van der Waals surface area contributed by atoms with Crippen LogP contribution in [0.2, 0.25) is 0 Å². The van der Waals surface area contributed by atoms with Gasteiger partial charge in [-0.25, -0.2) is 15.6 Å². The average molecular weight is 485 g/mol. The number of pyridine rings is 2. The summed E-state index contributed by atoms with van der Waals surface area (Å²) >= 11 is 0. The molecule has 3 rings (SSSR count). The topological polar surface area (TPSA) is 172 Å². The van der Waals surface area contributed by atoms with Crippen LogP contribution in [0.5, 0.6) is 0 Å². The van der Waals surface area contributed by atoms with Crippen molar-refractivity contribution in [2.75, 3.05) is 18.5 Å². The molecule has 3 heterocycles. The molecule has 35 heavy (non-hydrogen) atoms. The molecule has 0 saturated heterocycles. The number of aromatic nitrogens is 2. The van der Waals surface area contributed by atoms with Gasteiger partial charge in [-0.2, -0.15) is 5.10 Å². The van der Waals surface area contributed by atoms with E-state index in [9.17, 15) is 14.7 Å². The second-order valence-electron chi connectivity index (χ2n) is 9.24. The minimum absolute atomic E-state index is 0.150. The van der Waals surface area contributed by atoms with E-state index in [1.807, 2.05) is 20.8 Å². The number of ether oxygens (including phenoxy) is 1. The van der Waals surface area contributed by atoms with Crippen molar-refractivity contribution in [3.05, 3.63) is 53.0 Å². The van der Waals surface area contributed by atoms with Gasteiger partial charge < -0.3 is 25.9 Å². The highest BCUT2D eigenvalue weighted by molar-refractivity contribution is 6.03. The summed E-state index contributed by atoms with van der Waals surface area (Å²) in [6.45, 7) is 7.79. The van der Waals surface area contributed by atoms with Crippen molar-refractivity contribution in [3.63, 3.8) is 0 Å². The maximum atomic E-state index is 12.9. The number of carbonyl (C=O) groups excluding carboxylic acids is 2. The zero-order valence-corrected chi connectivity index (χ0v) is 20.4. The van der Waals surface area contributed by atoms with Crippen molar-refractivity contribution in [2.45, 2.75) is 52.3 Å². The predicted octanol–water partition coefficient (Wildman–Crippen LogP) is 1.20. The number of amides is 2. The van der Waals surface area contributed by atoms with E-state index < -0.39 is 23.6 Å². The Hall–Kier alpha value is -3.77. The van der Waals surface area contributed by atoms with Gasteiger partial charge in [0.25, 0.3) is 5.91 Å². The quantitative estimate of drug-likeness (QED) is 0.210. The predicted molar refractivity (Wildman–Crippen MR) is 130 cm³/mol. The van der Waals surface area contributed by atoms with E-state index in [1.165, 1.54) is 5.01 Å². The molecule has 1 unspecified atom stereocenters. The Bertz CT molecular complexity index is 1110. The molecule has 2 aromatic heterocycles. The molecule has 6 N–H and O–H groups in total. The molecule has 0 bridgehead atoms. The van der Waals surface area contributed by atoms with Crippen LogP contribution in [0.1, 0.15) is 55.0 Å². The number of nitrogens with one attached hydrogen (secondary N) is 1. The van der Waals surface area contributed by atoms with Gasteiger partial charge >= 0.3 is 6.09 Å². The summed E-state index contributed by atoms with van der Waals surface area (Å²) in [5.74, 6) is 11.4. The highest BCUT2D eigenvalue weighted by Gasteiger charge is 2.26. The maximum absolute atomic E-state index is 12.9. The van der Waals surface area contributed by atoms with Crippen LogP contribution in [0.15, 0.2) is 35.6 Å². The number of nitrogens with two attached hydrogens (primary N) is 2. The number of hydrogen-bond acceptors (Lipinski definition) is 9. The monoisotopic (exact) mass is 484 g/mol. The zero-order valence-electron chi connectivity index (χ0n) is 20.4. The second-order valence-corrected chi connectivity index (χ2v) is 9.24. The number of nitrogens with zero attached hydrogens (tertiary/aromatic N) is 5. The smallest absolute Gasteiger partial charge is 0.410 e. The van der Waals surface area contributed by atoms with E-state index in [1.54, 1.807) is 42.3 Å². The molecule has 0 fully saturated rings. The van der Waals surface area contributed by atoms with Crippen molar-refractivity contribution in [3.8, 4) is 0 Å². The number of anilines is 1. The first kappa shape index (κ1) is 25.8. The van der Waals surface area contributed by atoms with Crippen LogP contribution in [0, 0.1) is 0 Å². The number of rotatable bonds is 5. The van der Waals surface area contributed by atoms with E-state index in [-0.39, 0.29) is 24.0 Å². The highest BCUT2D eigenvalue weighted by Crippen LogP contribution is 2.22. The van der Waals surface area contributed by atoms with Crippen LogP contribution in [0.3, 0.4) is 0 Å². The Balaban J connectivity index is 1.75. The summed E-state index contributed by atoms with van der Waals surface area (Å²) in [4.78, 5) is 35.6. The van der Waals surface area contributed by atoms with Gasteiger partial charge in [0.15, 0.2) is 5.84 Å². The van der Waals surface area contributed by atoms with Crippen LogP contribution in [-0.4, -0.2) is 67.6 Å². The van der Waals surface area contributed by atoms with Gasteiger partial charge in [-0.3, -0.25) is 14.8 Å². The minimum Gasteiger partial charge on any atom is -0.444 e. The van der Waals surface area contributed by atoms with Crippen LogP contribution >= 0.6 is 0 Å². The van der Waals surface area contributed by atoms with Crippen LogP contribution in [-0.2, 0) is 17.7 Å². The Labute approximate surface area is 203 Å². The van der Waals surface area contributed by atoms with Crippen LogP contribution in [0.4, 0.5) is 10.6 Å². The fraction of sp³-hybridized carbons (Fsp3) is 0.435. The lowest BCUT2D eigenvalue weighted by atomic mass is 10.0. The number of carbonyl (C=O) groups is 2. The van der Waals surface area contributed by atoms with Crippen molar-refractivity contribution in [2.24, 2.45) is 16.8 Å².